The van der Waals surface area contributed by atoms with Crippen molar-refractivity contribution in [1.82, 2.24) is 14.9 Å². The minimum atomic E-state index is -0.472. The number of morpholine rings is 1. The molecule has 3 aromatic rings. The number of anilines is 2. The molecule has 1 aliphatic rings. The highest BCUT2D eigenvalue weighted by atomic mass is 35.5. The Morgan fingerprint density at radius 1 is 1.15 bits per heavy atom. The van der Waals surface area contributed by atoms with Gasteiger partial charge in [-0.1, -0.05) is 23.8 Å². The number of aromatic nitrogens is 2. The molecule has 4 rings (SSSR count). The number of nitrogens with zero attached hydrogens (tertiary/aromatic N) is 3. The van der Waals surface area contributed by atoms with Gasteiger partial charge in [-0.25, -0.2) is 14.4 Å². The molecular weight excluding hydrogens is 470 g/mol. The molecule has 0 saturated carbocycles. The zero-order valence-electron chi connectivity index (χ0n) is 18.1. The molecule has 33 heavy (non-hydrogen) atoms. The number of benzene rings is 2. The maximum atomic E-state index is 14.2. The summed E-state index contributed by atoms with van der Waals surface area (Å²) in [4.78, 5) is 10.9. The SMILES string of the molecule is COc1cc2c(Nc3ccc(Cl)cc3F)ncnc2cc1OCC=CCN1CCOCC1.Cl. The van der Waals surface area contributed by atoms with Crippen LogP contribution in [-0.4, -0.2) is 61.4 Å². The molecule has 2 aromatic carbocycles. The molecule has 1 aliphatic heterocycles. The van der Waals surface area contributed by atoms with Gasteiger partial charge in [-0.3, -0.25) is 4.90 Å². The molecular formula is C23H25Cl2FN4O3. The number of halogens is 3. The average Bonchev–Trinajstić information content (AvgIpc) is 2.81. The van der Waals surface area contributed by atoms with Gasteiger partial charge in [-0.2, -0.15) is 0 Å². The minimum absolute atomic E-state index is 0. The largest absolute Gasteiger partial charge is 0.493 e. The van der Waals surface area contributed by atoms with Crippen molar-refractivity contribution in [3.63, 3.8) is 0 Å². The maximum Gasteiger partial charge on any atom is 0.163 e. The molecule has 1 fully saturated rings. The molecule has 0 atom stereocenters. The number of hydrogen-bond donors (Lipinski definition) is 1. The zero-order chi connectivity index (χ0) is 22.3. The van der Waals surface area contributed by atoms with Crippen LogP contribution in [0.15, 0.2) is 48.8 Å². The minimum Gasteiger partial charge on any atom is -0.493 e. The lowest BCUT2D eigenvalue weighted by molar-refractivity contribution is 0.0434. The van der Waals surface area contributed by atoms with Crippen LogP contribution in [0.5, 0.6) is 11.5 Å². The molecule has 0 amide bonds. The van der Waals surface area contributed by atoms with Gasteiger partial charge >= 0.3 is 0 Å². The van der Waals surface area contributed by atoms with Gasteiger partial charge in [-0.05, 0) is 24.3 Å². The Kier molecular flexibility index (Phi) is 9.08. The molecule has 0 unspecified atom stereocenters. The summed E-state index contributed by atoms with van der Waals surface area (Å²) in [7, 11) is 1.57. The summed E-state index contributed by atoms with van der Waals surface area (Å²) >= 11 is 5.84. The Hall–Kier alpha value is -2.65. The van der Waals surface area contributed by atoms with Crippen molar-refractivity contribution in [2.75, 3.05) is 51.9 Å². The van der Waals surface area contributed by atoms with Crippen molar-refractivity contribution in [3.8, 4) is 11.5 Å². The fraction of sp³-hybridized carbons (Fsp3) is 0.304. The number of rotatable bonds is 8. The lowest BCUT2D eigenvalue weighted by Gasteiger charge is -2.25. The molecule has 0 bridgehead atoms. The van der Waals surface area contributed by atoms with Gasteiger partial charge in [0, 0.05) is 36.1 Å². The van der Waals surface area contributed by atoms with E-state index in [1.54, 1.807) is 31.4 Å². The van der Waals surface area contributed by atoms with E-state index < -0.39 is 5.82 Å². The normalized spacial score (nSPS) is 14.3. The van der Waals surface area contributed by atoms with Crippen molar-refractivity contribution in [1.29, 1.82) is 0 Å². The lowest BCUT2D eigenvalue weighted by atomic mass is 10.2. The molecule has 1 N–H and O–H groups in total. The van der Waals surface area contributed by atoms with E-state index in [1.807, 2.05) is 6.08 Å². The monoisotopic (exact) mass is 494 g/mol. The Labute approximate surface area is 202 Å². The third-order valence-corrected chi connectivity index (χ3v) is 5.31. The van der Waals surface area contributed by atoms with Crippen LogP contribution in [0.4, 0.5) is 15.9 Å². The van der Waals surface area contributed by atoms with Crippen LogP contribution in [0.3, 0.4) is 0 Å². The van der Waals surface area contributed by atoms with E-state index in [0.29, 0.717) is 39.8 Å². The maximum absolute atomic E-state index is 14.2. The van der Waals surface area contributed by atoms with Gasteiger partial charge in [0.15, 0.2) is 11.5 Å². The van der Waals surface area contributed by atoms with Crippen LogP contribution in [-0.2, 0) is 4.74 Å². The molecule has 1 saturated heterocycles. The lowest BCUT2D eigenvalue weighted by Crippen LogP contribution is -2.36. The Balaban J connectivity index is 0.00000306. The zero-order valence-corrected chi connectivity index (χ0v) is 19.7. The smallest absolute Gasteiger partial charge is 0.163 e. The summed E-state index contributed by atoms with van der Waals surface area (Å²) < 4.78 is 31.0. The van der Waals surface area contributed by atoms with Gasteiger partial charge in [0.05, 0.1) is 31.5 Å². The number of fused-ring (bicyclic) bond motifs is 1. The molecule has 10 heteroatoms. The van der Waals surface area contributed by atoms with Gasteiger partial charge < -0.3 is 19.5 Å². The van der Waals surface area contributed by atoms with Crippen molar-refractivity contribution >= 4 is 46.4 Å². The van der Waals surface area contributed by atoms with E-state index in [4.69, 9.17) is 25.8 Å². The first-order chi connectivity index (χ1) is 15.6. The van der Waals surface area contributed by atoms with E-state index in [0.717, 1.165) is 32.8 Å². The van der Waals surface area contributed by atoms with E-state index in [2.05, 4.69) is 26.3 Å². The number of ether oxygens (including phenoxy) is 3. The fourth-order valence-corrected chi connectivity index (χ4v) is 3.53. The Morgan fingerprint density at radius 2 is 1.97 bits per heavy atom. The third-order valence-electron chi connectivity index (χ3n) is 5.07. The second-order valence-electron chi connectivity index (χ2n) is 7.19. The number of hydrogen-bond acceptors (Lipinski definition) is 7. The summed E-state index contributed by atoms with van der Waals surface area (Å²) in [6.07, 6.45) is 5.48. The van der Waals surface area contributed by atoms with Crippen LogP contribution in [0, 0.1) is 5.82 Å². The highest BCUT2D eigenvalue weighted by Crippen LogP contribution is 2.35. The first kappa shape index (κ1) is 25.0. The summed E-state index contributed by atoms with van der Waals surface area (Å²) in [6.45, 7) is 4.72. The van der Waals surface area contributed by atoms with Crippen LogP contribution in [0.2, 0.25) is 5.02 Å². The second kappa shape index (κ2) is 12.0. The van der Waals surface area contributed by atoms with E-state index in [9.17, 15) is 4.39 Å². The predicted molar refractivity (Wildman–Crippen MR) is 130 cm³/mol. The Morgan fingerprint density at radius 3 is 2.73 bits per heavy atom. The molecule has 0 radical (unpaired) electrons. The standard InChI is InChI=1S/C23H24ClFN4O3.ClH/c1-30-21-13-17-20(14-22(21)32-9-3-2-6-29-7-10-31-11-8-29)26-15-27-23(17)28-19-5-4-16(24)12-18(19)25;/h2-5,12-15H,6-11H2,1H3,(H,26,27,28);1H. The summed E-state index contributed by atoms with van der Waals surface area (Å²) in [6, 6.07) is 7.97. The van der Waals surface area contributed by atoms with E-state index >= 15 is 0 Å². The van der Waals surface area contributed by atoms with Crippen molar-refractivity contribution in [2.45, 2.75) is 0 Å². The predicted octanol–water partition coefficient (Wildman–Crippen LogP) is 4.86. The number of methoxy groups -OCH3 is 1. The third kappa shape index (κ3) is 6.45. The van der Waals surface area contributed by atoms with Crippen LogP contribution in [0.1, 0.15) is 0 Å². The van der Waals surface area contributed by atoms with Gasteiger partial charge in [0.1, 0.15) is 24.6 Å². The summed E-state index contributed by atoms with van der Waals surface area (Å²) in [5, 5.41) is 4.00. The van der Waals surface area contributed by atoms with Crippen LogP contribution in [0.25, 0.3) is 10.9 Å². The van der Waals surface area contributed by atoms with Gasteiger partial charge in [0.25, 0.3) is 0 Å². The van der Waals surface area contributed by atoms with Gasteiger partial charge in [-0.15, -0.1) is 12.4 Å². The van der Waals surface area contributed by atoms with Crippen molar-refractivity contribution in [2.24, 2.45) is 0 Å². The molecule has 7 nitrogen and oxygen atoms in total. The molecule has 2 heterocycles. The fourth-order valence-electron chi connectivity index (χ4n) is 3.37. The molecule has 0 spiro atoms. The Bertz CT molecular complexity index is 1110. The van der Waals surface area contributed by atoms with E-state index in [1.165, 1.54) is 12.4 Å². The quantitative estimate of drug-likeness (QED) is 0.448. The summed E-state index contributed by atoms with van der Waals surface area (Å²) in [5.41, 5.74) is 0.907. The average molecular weight is 495 g/mol. The number of nitrogens with one attached hydrogen (secondary N) is 1. The van der Waals surface area contributed by atoms with E-state index in [-0.39, 0.29) is 18.1 Å². The highest BCUT2D eigenvalue weighted by molar-refractivity contribution is 6.30. The van der Waals surface area contributed by atoms with Crippen molar-refractivity contribution in [3.05, 3.63) is 59.7 Å². The molecule has 0 aliphatic carbocycles. The molecule has 1 aromatic heterocycles. The van der Waals surface area contributed by atoms with Crippen LogP contribution < -0.4 is 14.8 Å². The van der Waals surface area contributed by atoms with Crippen LogP contribution >= 0.6 is 24.0 Å². The van der Waals surface area contributed by atoms with Crippen molar-refractivity contribution < 1.29 is 18.6 Å². The first-order valence-electron chi connectivity index (χ1n) is 10.3. The molecule has 176 valence electrons. The first-order valence-corrected chi connectivity index (χ1v) is 10.6. The topological polar surface area (TPSA) is 68.7 Å². The van der Waals surface area contributed by atoms with Gasteiger partial charge in [0.2, 0.25) is 0 Å². The second-order valence-corrected chi connectivity index (χ2v) is 7.62. The highest BCUT2D eigenvalue weighted by Gasteiger charge is 2.13. The summed E-state index contributed by atoms with van der Waals surface area (Å²) in [5.74, 6) is 1.08.